The van der Waals surface area contributed by atoms with Crippen LogP contribution in [0.25, 0.3) is 0 Å². The quantitative estimate of drug-likeness (QED) is 0.791. The van der Waals surface area contributed by atoms with E-state index in [9.17, 15) is 0 Å². The van der Waals surface area contributed by atoms with Crippen molar-refractivity contribution in [2.45, 2.75) is 19.4 Å². The van der Waals surface area contributed by atoms with E-state index in [1.807, 2.05) is 6.92 Å². The minimum atomic E-state index is 0.236. The van der Waals surface area contributed by atoms with Crippen LogP contribution in [0.1, 0.15) is 12.5 Å². The second-order valence-electron chi connectivity index (χ2n) is 3.56. The summed E-state index contributed by atoms with van der Waals surface area (Å²) in [4.78, 5) is 0. The Balaban J connectivity index is 2.21. The van der Waals surface area contributed by atoms with Gasteiger partial charge < -0.3 is 11.1 Å². The predicted molar refractivity (Wildman–Crippen MR) is 64.4 cm³/mol. The molecule has 78 valence electrons. The van der Waals surface area contributed by atoms with Crippen LogP contribution in [0, 0.1) is 0 Å². The van der Waals surface area contributed by atoms with Gasteiger partial charge in [-0.1, -0.05) is 28.1 Å². The molecule has 0 aliphatic carbocycles. The Morgan fingerprint density at radius 2 is 2.00 bits per heavy atom. The smallest absolute Gasteiger partial charge is 0.0175 e. The number of nitrogens with two attached hydrogens (primary N) is 1. The standard InChI is InChI=1S/C11H17BrN2/c1-9(13)8-14-7-6-10-2-4-11(12)5-3-10/h2-5,9,14H,6-8,13H2,1H3. The molecular weight excluding hydrogens is 240 g/mol. The van der Waals surface area contributed by atoms with Crippen LogP contribution < -0.4 is 11.1 Å². The highest BCUT2D eigenvalue weighted by Crippen LogP contribution is 2.10. The van der Waals surface area contributed by atoms with Crippen LogP contribution in [-0.4, -0.2) is 19.1 Å². The molecule has 0 aromatic heterocycles. The van der Waals surface area contributed by atoms with Crippen LogP contribution >= 0.6 is 15.9 Å². The van der Waals surface area contributed by atoms with E-state index >= 15 is 0 Å². The zero-order chi connectivity index (χ0) is 10.4. The summed E-state index contributed by atoms with van der Waals surface area (Å²) in [5, 5.41) is 3.31. The first-order valence-corrected chi connectivity index (χ1v) is 5.68. The second-order valence-corrected chi connectivity index (χ2v) is 4.47. The predicted octanol–water partition coefficient (Wildman–Crippen LogP) is 1.93. The van der Waals surface area contributed by atoms with Crippen molar-refractivity contribution in [2.24, 2.45) is 5.73 Å². The highest BCUT2D eigenvalue weighted by molar-refractivity contribution is 9.10. The van der Waals surface area contributed by atoms with Gasteiger partial charge in [0.15, 0.2) is 0 Å². The van der Waals surface area contributed by atoms with Gasteiger partial charge in [-0.3, -0.25) is 0 Å². The molecule has 3 N–H and O–H groups in total. The lowest BCUT2D eigenvalue weighted by molar-refractivity contribution is 0.609. The number of nitrogens with one attached hydrogen (secondary N) is 1. The maximum absolute atomic E-state index is 5.62. The second kappa shape index (κ2) is 6.17. The molecule has 0 bridgehead atoms. The summed E-state index contributed by atoms with van der Waals surface area (Å²) in [5.74, 6) is 0. The minimum Gasteiger partial charge on any atom is -0.327 e. The zero-order valence-corrected chi connectivity index (χ0v) is 10.0. The van der Waals surface area contributed by atoms with Crippen LogP contribution in [0.5, 0.6) is 0 Å². The Morgan fingerprint density at radius 3 is 2.57 bits per heavy atom. The van der Waals surface area contributed by atoms with Gasteiger partial charge in [0.25, 0.3) is 0 Å². The van der Waals surface area contributed by atoms with Gasteiger partial charge in [0.1, 0.15) is 0 Å². The van der Waals surface area contributed by atoms with Crippen LogP contribution in [0.4, 0.5) is 0 Å². The van der Waals surface area contributed by atoms with E-state index < -0.39 is 0 Å². The molecule has 0 saturated carbocycles. The molecule has 1 aromatic rings. The Labute approximate surface area is 94.0 Å². The zero-order valence-electron chi connectivity index (χ0n) is 8.46. The van der Waals surface area contributed by atoms with Crippen molar-refractivity contribution in [2.75, 3.05) is 13.1 Å². The van der Waals surface area contributed by atoms with Crippen molar-refractivity contribution in [3.63, 3.8) is 0 Å². The lowest BCUT2D eigenvalue weighted by atomic mass is 10.1. The maximum atomic E-state index is 5.62. The van der Waals surface area contributed by atoms with E-state index in [0.717, 1.165) is 24.0 Å². The number of rotatable bonds is 5. The lowest BCUT2D eigenvalue weighted by Gasteiger charge is -2.07. The van der Waals surface area contributed by atoms with E-state index in [2.05, 4.69) is 45.5 Å². The van der Waals surface area contributed by atoms with Crippen molar-refractivity contribution in [1.29, 1.82) is 0 Å². The van der Waals surface area contributed by atoms with Crippen LogP contribution in [0.15, 0.2) is 28.7 Å². The summed E-state index contributed by atoms with van der Waals surface area (Å²) in [7, 11) is 0. The molecular formula is C11H17BrN2. The summed E-state index contributed by atoms with van der Waals surface area (Å²) in [6.07, 6.45) is 1.06. The Hall–Kier alpha value is -0.380. The molecule has 0 aliphatic rings. The van der Waals surface area contributed by atoms with Crippen molar-refractivity contribution in [3.8, 4) is 0 Å². The van der Waals surface area contributed by atoms with Gasteiger partial charge in [-0.15, -0.1) is 0 Å². The van der Waals surface area contributed by atoms with E-state index in [-0.39, 0.29) is 6.04 Å². The summed E-state index contributed by atoms with van der Waals surface area (Å²) in [5.41, 5.74) is 6.98. The number of hydrogen-bond acceptors (Lipinski definition) is 2. The number of hydrogen-bond donors (Lipinski definition) is 2. The highest BCUT2D eigenvalue weighted by Gasteiger charge is 1.94. The van der Waals surface area contributed by atoms with Gasteiger partial charge in [0.05, 0.1) is 0 Å². The molecule has 0 saturated heterocycles. The van der Waals surface area contributed by atoms with Crippen LogP contribution in [0.3, 0.4) is 0 Å². The molecule has 0 radical (unpaired) electrons. The van der Waals surface area contributed by atoms with E-state index in [1.165, 1.54) is 5.56 Å². The number of halogens is 1. The van der Waals surface area contributed by atoms with E-state index in [0.29, 0.717) is 0 Å². The minimum absolute atomic E-state index is 0.236. The molecule has 3 heteroatoms. The SMILES string of the molecule is CC(N)CNCCc1ccc(Br)cc1. The van der Waals surface area contributed by atoms with Gasteiger partial charge in [-0.2, -0.15) is 0 Å². The first-order valence-electron chi connectivity index (χ1n) is 4.89. The molecule has 0 heterocycles. The Bertz CT molecular complexity index is 256. The van der Waals surface area contributed by atoms with Gasteiger partial charge in [-0.25, -0.2) is 0 Å². The normalized spacial score (nSPS) is 12.8. The van der Waals surface area contributed by atoms with Crippen molar-refractivity contribution < 1.29 is 0 Å². The van der Waals surface area contributed by atoms with Crippen molar-refractivity contribution >= 4 is 15.9 Å². The van der Waals surface area contributed by atoms with Crippen molar-refractivity contribution in [3.05, 3.63) is 34.3 Å². The topological polar surface area (TPSA) is 38.0 Å². The molecule has 0 fully saturated rings. The molecule has 1 atom stereocenters. The summed E-state index contributed by atoms with van der Waals surface area (Å²) >= 11 is 3.41. The molecule has 1 aromatic carbocycles. The maximum Gasteiger partial charge on any atom is 0.0175 e. The Kier molecular flexibility index (Phi) is 5.15. The fourth-order valence-electron chi connectivity index (χ4n) is 1.21. The van der Waals surface area contributed by atoms with Gasteiger partial charge in [-0.05, 0) is 37.6 Å². The molecule has 1 unspecified atom stereocenters. The largest absolute Gasteiger partial charge is 0.327 e. The van der Waals surface area contributed by atoms with Gasteiger partial charge in [0, 0.05) is 17.1 Å². The molecule has 0 spiro atoms. The molecule has 1 rings (SSSR count). The first kappa shape index (κ1) is 11.7. The third-order valence-electron chi connectivity index (χ3n) is 1.97. The average molecular weight is 257 g/mol. The summed E-state index contributed by atoms with van der Waals surface area (Å²) < 4.78 is 1.13. The first-order chi connectivity index (χ1) is 6.68. The molecule has 0 aliphatic heterocycles. The summed E-state index contributed by atoms with van der Waals surface area (Å²) in [6, 6.07) is 8.65. The third-order valence-corrected chi connectivity index (χ3v) is 2.50. The van der Waals surface area contributed by atoms with Crippen LogP contribution in [0.2, 0.25) is 0 Å². The van der Waals surface area contributed by atoms with E-state index in [1.54, 1.807) is 0 Å². The van der Waals surface area contributed by atoms with Crippen LogP contribution in [-0.2, 0) is 6.42 Å². The van der Waals surface area contributed by atoms with Gasteiger partial charge >= 0.3 is 0 Å². The van der Waals surface area contributed by atoms with Crippen molar-refractivity contribution in [1.82, 2.24) is 5.32 Å². The third kappa shape index (κ3) is 4.74. The van der Waals surface area contributed by atoms with Gasteiger partial charge in [0.2, 0.25) is 0 Å². The highest BCUT2D eigenvalue weighted by atomic mass is 79.9. The fraction of sp³-hybridized carbons (Fsp3) is 0.455. The summed E-state index contributed by atoms with van der Waals surface area (Å²) in [6.45, 7) is 3.88. The fourth-order valence-corrected chi connectivity index (χ4v) is 1.48. The lowest BCUT2D eigenvalue weighted by Crippen LogP contribution is -2.32. The monoisotopic (exact) mass is 256 g/mol. The molecule has 0 amide bonds. The number of benzene rings is 1. The molecule has 14 heavy (non-hydrogen) atoms. The average Bonchev–Trinajstić information content (AvgIpc) is 2.15. The van der Waals surface area contributed by atoms with E-state index in [4.69, 9.17) is 5.73 Å². The molecule has 2 nitrogen and oxygen atoms in total. The Morgan fingerprint density at radius 1 is 1.36 bits per heavy atom.